The molecule has 0 aromatic carbocycles. The van der Waals surface area contributed by atoms with Crippen molar-refractivity contribution in [2.24, 2.45) is 11.5 Å². The lowest BCUT2D eigenvalue weighted by molar-refractivity contribution is 0.531. The summed E-state index contributed by atoms with van der Waals surface area (Å²) in [7, 11) is 0. The molecule has 0 aromatic rings. The van der Waals surface area contributed by atoms with Crippen LogP contribution in [-0.4, -0.2) is 12.6 Å². The van der Waals surface area contributed by atoms with Gasteiger partial charge in [0.1, 0.15) is 0 Å². The predicted octanol–water partition coefficient (Wildman–Crippen LogP) is 3.58. The summed E-state index contributed by atoms with van der Waals surface area (Å²) in [6, 6.07) is 0.391. The molecule has 0 aliphatic carbocycles. The molecule has 0 bridgehead atoms. The lowest BCUT2D eigenvalue weighted by Gasteiger charge is -2.04. The average Bonchev–Trinajstić information content (AvgIpc) is 2.25. The van der Waals surface area contributed by atoms with E-state index in [0.717, 1.165) is 6.54 Å². The Bertz CT molecular complexity index is 124. The monoisotopic (exact) mass is 228 g/mol. The Morgan fingerprint density at radius 1 is 0.688 bits per heavy atom. The third-order valence-corrected chi connectivity index (χ3v) is 3.11. The van der Waals surface area contributed by atoms with Gasteiger partial charge in [-0.25, -0.2) is 0 Å². The fourth-order valence-corrected chi connectivity index (χ4v) is 2.02. The van der Waals surface area contributed by atoms with Crippen LogP contribution in [0, 0.1) is 0 Å². The molecule has 1 unspecified atom stereocenters. The molecule has 0 spiro atoms. The maximum absolute atomic E-state index is 5.70. The third kappa shape index (κ3) is 13.9. The summed E-state index contributed by atoms with van der Waals surface area (Å²) in [5.41, 5.74) is 11.2. The quantitative estimate of drug-likeness (QED) is 0.502. The first kappa shape index (κ1) is 15.9. The van der Waals surface area contributed by atoms with E-state index in [1.807, 2.05) is 0 Å². The Morgan fingerprint density at radius 3 is 1.44 bits per heavy atom. The average molecular weight is 228 g/mol. The summed E-state index contributed by atoms with van der Waals surface area (Å²) >= 11 is 0. The van der Waals surface area contributed by atoms with Crippen molar-refractivity contribution in [1.29, 1.82) is 0 Å². The van der Waals surface area contributed by atoms with E-state index in [9.17, 15) is 0 Å². The van der Waals surface area contributed by atoms with Gasteiger partial charge in [-0.3, -0.25) is 0 Å². The predicted molar refractivity (Wildman–Crippen MR) is 73.5 cm³/mol. The van der Waals surface area contributed by atoms with E-state index in [1.165, 1.54) is 70.6 Å². The Balaban J connectivity index is 2.88. The lowest BCUT2D eigenvalue weighted by atomic mass is 10.0. The molecule has 0 heterocycles. The molecule has 0 rings (SSSR count). The van der Waals surface area contributed by atoms with E-state index >= 15 is 0 Å². The second kappa shape index (κ2) is 13.0. The normalized spacial score (nSPS) is 12.9. The smallest absolute Gasteiger partial charge is 0.00104 e. The van der Waals surface area contributed by atoms with E-state index in [2.05, 4.69) is 6.92 Å². The van der Waals surface area contributed by atoms with E-state index < -0.39 is 0 Å². The van der Waals surface area contributed by atoms with Crippen LogP contribution in [0.25, 0.3) is 0 Å². The molecular weight excluding hydrogens is 196 g/mol. The fourth-order valence-electron chi connectivity index (χ4n) is 2.02. The van der Waals surface area contributed by atoms with Gasteiger partial charge in [0.05, 0.1) is 0 Å². The summed E-state index contributed by atoms with van der Waals surface area (Å²) in [4.78, 5) is 0. The molecule has 0 aliphatic rings. The standard InChI is InChI=1S/C14H32N2/c1-14(16)12-10-8-6-4-2-3-5-7-9-11-13-15/h14H,2-13,15-16H2,1H3. The van der Waals surface area contributed by atoms with Crippen molar-refractivity contribution in [2.45, 2.75) is 83.6 Å². The van der Waals surface area contributed by atoms with Crippen LogP contribution in [0.1, 0.15) is 77.6 Å². The van der Waals surface area contributed by atoms with E-state index in [0.29, 0.717) is 6.04 Å². The van der Waals surface area contributed by atoms with Gasteiger partial charge in [-0.1, -0.05) is 57.8 Å². The second-order valence-electron chi connectivity index (χ2n) is 5.09. The molecule has 1 atom stereocenters. The third-order valence-electron chi connectivity index (χ3n) is 3.11. The Morgan fingerprint density at radius 2 is 1.06 bits per heavy atom. The van der Waals surface area contributed by atoms with Gasteiger partial charge in [0.25, 0.3) is 0 Å². The molecule has 0 amide bonds. The van der Waals surface area contributed by atoms with Gasteiger partial charge in [0.2, 0.25) is 0 Å². The van der Waals surface area contributed by atoms with Crippen LogP contribution in [0.2, 0.25) is 0 Å². The molecule has 0 saturated carbocycles. The van der Waals surface area contributed by atoms with Gasteiger partial charge in [-0.2, -0.15) is 0 Å². The molecule has 2 heteroatoms. The largest absolute Gasteiger partial charge is 0.330 e. The SMILES string of the molecule is CC(N)CCCCCCCCCCCCN. The molecule has 0 saturated heterocycles. The number of nitrogens with two attached hydrogens (primary N) is 2. The van der Waals surface area contributed by atoms with Crippen molar-refractivity contribution in [1.82, 2.24) is 0 Å². The highest BCUT2D eigenvalue weighted by Crippen LogP contribution is 2.11. The summed E-state index contributed by atoms with van der Waals surface area (Å²) in [5, 5.41) is 0. The molecular formula is C14H32N2. The summed E-state index contributed by atoms with van der Waals surface area (Å²) in [6.45, 7) is 2.96. The van der Waals surface area contributed by atoms with Crippen LogP contribution in [0.15, 0.2) is 0 Å². The Labute approximate surface area is 102 Å². The lowest BCUT2D eigenvalue weighted by Crippen LogP contribution is -2.13. The van der Waals surface area contributed by atoms with E-state index in [4.69, 9.17) is 11.5 Å². The molecule has 0 aliphatic heterocycles. The maximum atomic E-state index is 5.70. The van der Waals surface area contributed by atoms with Crippen LogP contribution in [0.5, 0.6) is 0 Å². The van der Waals surface area contributed by atoms with Crippen molar-refractivity contribution in [3.8, 4) is 0 Å². The van der Waals surface area contributed by atoms with E-state index in [1.54, 1.807) is 0 Å². The first-order valence-corrected chi connectivity index (χ1v) is 7.23. The molecule has 98 valence electrons. The highest BCUT2D eigenvalue weighted by Gasteiger charge is 1.95. The zero-order chi connectivity index (χ0) is 12.1. The van der Waals surface area contributed by atoms with Gasteiger partial charge < -0.3 is 11.5 Å². The zero-order valence-electron chi connectivity index (χ0n) is 11.2. The topological polar surface area (TPSA) is 52.0 Å². The van der Waals surface area contributed by atoms with Crippen LogP contribution in [0.3, 0.4) is 0 Å². The van der Waals surface area contributed by atoms with Crippen molar-refractivity contribution >= 4 is 0 Å². The number of hydrogen-bond acceptors (Lipinski definition) is 2. The van der Waals surface area contributed by atoms with Gasteiger partial charge in [0.15, 0.2) is 0 Å². The van der Waals surface area contributed by atoms with E-state index in [-0.39, 0.29) is 0 Å². The van der Waals surface area contributed by atoms with Gasteiger partial charge >= 0.3 is 0 Å². The molecule has 0 aromatic heterocycles. The highest BCUT2D eigenvalue weighted by molar-refractivity contribution is 4.53. The maximum Gasteiger partial charge on any atom is 0.00104 e. The fraction of sp³-hybridized carbons (Fsp3) is 1.00. The molecule has 0 fully saturated rings. The van der Waals surface area contributed by atoms with Gasteiger partial charge in [0, 0.05) is 6.04 Å². The minimum atomic E-state index is 0.391. The second-order valence-corrected chi connectivity index (χ2v) is 5.09. The first-order chi connectivity index (χ1) is 7.77. The van der Waals surface area contributed by atoms with Crippen molar-refractivity contribution in [2.75, 3.05) is 6.54 Å². The van der Waals surface area contributed by atoms with Gasteiger partial charge in [-0.05, 0) is 26.3 Å². The van der Waals surface area contributed by atoms with Crippen LogP contribution in [0.4, 0.5) is 0 Å². The van der Waals surface area contributed by atoms with Crippen LogP contribution < -0.4 is 11.5 Å². The number of hydrogen-bond donors (Lipinski definition) is 2. The minimum absolute atomic E-state index is 0.391. The zero-order valence-corrected chi connectivity index (χ0v) is 11.2. The van der Waals surface area contributed by atoms with Crippen LogP contribution in [-0.2, 0) is 0 Å². The van der Waals surface area contributed by atoms with Crippen molar-refractivity contribution in [3.05, 3.63) is 0 Å². The highest BCUT2D eigenvalue weighted by atomic mass is 14.6. The molecule has 16 heavy (non-hydrogen) atoms. The van der Waals surface area contributed by atoms with Crippen molar-refractivity contribution in [3.63, 3.8) is 0 Å². The van der Waals surface area contributed by atoms with Gasteiger partial charge in [-0.15, -0.1) is 0 Å². The Kier molecular flexibility index (Phi) is 12.9. The Hall–Kier alpha value is -0.0800. The van der Waals surface area contributed by atoms with Crippen molar-refractivity contribution < 1.29 is 0 Å². The molecule has 0 radical (unpaired) electrons. The first-order valence-electron chi connectivity index (χ1n) is 7.23. The summed E-state index contributed by atoms with van der Waals surface area (Å²) < 4.78 is 0. The molecule has 2 nitrogen and oxygen atoms in total. The number of rotatable bonds is 12. The summed E-state index contributed by atoms with van der Waals surface area (Å²) in [6.07, 6.45) is 14.8. The minimum Gasteiger partial charge on any atom is -0.330 e. The number of unbranched alkanes of at least 4 members (excludes halogenated alkanes) is 9. The molecule has 4 N–H and O–H groups in total. The summed E-state index contributed by atoms with van der Waals surface area (Å²) in [5.74, 6) is 0. The van der Waals surface area contributed by atoms with Crippen LogP contribution >= 0.6 is 0 Å².